The zero-order valence-corrected chi connectivity index (χ0v) is 5.81. The maximum Gasteiger partial charge on any atom is 0.252 e. The van der Waals surface area contributed by atoms with E-state index in [4.69, 9.17) is 0 Å². The summed E-state index contributed by atoms with van der Waals surface area (Å²) in [5, 5.41) is 2.34. The first-order valence-corrected chi connectivity index (χ1v) is 2.80. The van der Waals surface area contributed by atoms with E-state index in [2.05, 4.69) is 17.6 Å². The molecule has 3 nitrogen and oxygen atoms in total. The van der Waals surface area contributed by atoms with E-state index >= 15 is 0 Å². The van der Waals surface area contributed by atoms with Crippen molar-refractivity contribution in [2.24, 2.45) is 0 Å². The number of amides is 1. The van der Waals surface area contributed by atoms with Gasteiger partial charge in [-0.25, -0.2) is 0 Å². The van der Waals surface area contributed by atoms with Crippen LogP contribution in [0.2, 0.25) is 0 Å². The van der Waals surface area contributed by atoms with Gasteiger partial charge in [0.25, 0.3) is 5.91 Å². The van der Waals surface area contributed by atoms with Crippen LogP contribution >= 0.6 is 0 Å². The van der Waals surface area contributed by atoms with Gasteiger partial charge in [0.15, 0.2) is 0 Å². The number of nitrogens with one attached hydrogen (secondary N) is 1. The van der Waals surface area contributed by atoms with E-state index in [9.17, 15) is 9.59 Å². The third kappa shape index (κ3) is 4.81. The number of carbonyl (C=O) groups excluding carboxylic acids is 2. The SMILES string of the molecule is C=C=CC(=O)NCC(C)=O. The molecule has 1 N–H and O–H groups in total. The summed E-state index contributed by atoms with van der Waals surface area (Å²) < 4.78 is 0. The maximum atomic E-state index is 10.5. The molecule has 0 spiro atoms. The first-order valence-electron chi connectivity index (χ1n) is 2.80. The average Bonchev–Trinajstić information content (AvgIpc) is 1.85. The number of hydrogen-bond donors (Lipinski definition) is 1. The van der Waals surface area contributed by atoms with Gasteiger partial charge in [-0.15, -0.1) is 5.73 Å². The number of ketones is 1. The van der Waals surface area contributed by atoms with Gasteiger partial charge in [-0.3, -0.25) is 9.59 Å². The quantitative estimate of drug-likeness (QED) is 0.443. The molecule has 0 unspecified atom stereocenters. The lowest BCUT2D eigenvalue weighted by Gasteiger charge is -1.94. The molecule has 0 aliphatic heterocycles. The zero-order chi connectivity index (χ0) is 7.98. The number of Topliss-reactive ketones (excluding diaryl/α,β-unsaturated/α-hetero) is 1. The van der Waals surface area contributed by atoms with E-state index in [1.807, 2.05) is 0 Å². The number of carbonyl (C=O) groups is 2. The summed E-state index contributed by atoms with van der Waals surface area (Å²) in [7, 11) is 0. The molecule has 0 fully saturated rings. The minimum Gasteiger partial charge on any atom is -0.345 e. The van der Waals surface area contributed by atoms with Crippen molar-refractivity contribution >= 4 is 11.7 Å². The minimum atomic E-state index is -0.342. The van der Waals surface area contributed by atoms with Crippen LogP contribution in [0.5, 0.6) is 0 Å². The predicted molar refractivity (Wildman–Crippen MR) is 37.4 cm³/mol. The van der Waals surface area contributed by atoms with Crippen molar-refractivity contribution < 1.29 is 9.59 Å². The lowest BCUT2D eigenvalue weighted by molar-refractivity contribution is -0.121. The van der Waals surface area contributed by atoms with Crippen LogP contribution in [0.3, 0.4) is 0 Å². The summed E-state index contributed by atoms with van der Waals surface area (Å²) in [6, 6.07) is 0. The van der Waals surface area contributed by atoms with E-state index in [-0.39, 0.29) is 18.2 Å². The van der Waals surface area contributed by atoms with Gasteiger partial charge in [0.1, 0.15) is 5.78 Å². The topological polar surface area (TPSA) is 46.2 Å². The molecule has 0 heterocycles. The standard InChI is InChI=1S/C7H9NO2/c1-3-4-7(10)8-5-6(2)9/h4H,1,5H2,2H3,(H,8,10). The Labute approximate surface area is 59.4 Å². The van der Waals surface area contributed by atoms with Gasteiger partial charge in [-0.2, -0.15) is 0 Å². The van der Waals surface area contributed by atoms with Crippen molar-refractivity contribution in [1.29, 1.82) is 0 Å². The van der Waals surface area contributed by atoms with Crippen LogP contribution in [0.25, 0.3) is 0 Å². The third-order valence-corrected chi connectivity index (χ3v) is 0.745. The molecular weight excluding hydrogens is 130 g/mol. The number of rotatable bonds is 3. The van der Waals surface area contributed by atoms with E-state index in [1.165, 1.54) is 6.92 Å². The van der Waals surface area contributed by atoms with Crippen molar-refractivity contribution in [3.63, 3.8) is 0 Å². The highest BCUT2D eigenvalue weighted by Gasteiger charge is 1.94. The molecule has 0 aliphatic rings. The second-order valence-corrected chi connectivity index (χ2v) is 1.77. The molecule has 0 aliphatic carbocycles. The van der Waals surface area contributed by atoms with Gasteiger partial charge in [-0.1, -0.05) is 6.58 Å². The number of hydrogen-bond acceptors (Lipinski definition) is 2. The fourth-order valence-corrected chi connectivity index (χ4v) is 0.355. The molecule has 0 aromatic rings. The van der Waals surface area contributed by atoms with Gasteiger partial charge in [0.05, 0.1) is 6.54 Å². The highest BCUT2D eigenvalue weighted by atomic mass is 16.2. The maximum absolute atomic E-state index is 10.5. The summed E-state index contributed by atoms with van der Waals surface area (Å²) in [5.41, 5.74) is 2.29. The Morgan fingerprint density at radius 1 is 1.70 bits per heavy atom. The molecule has 0 rings (SSSR count). The van der Waals surface area contributed by atoms with Crippen molar-refractivity contribution in [2.75, 3.05) is 6.54 Å². The Bertz CT molecular complexity index is 190. The minimum absolute atomic E-state index is 0.0665. The largest absolute Gasteiger partial charge is 0.345 e. The Kier molecular flexibility index (Phi) is 3.92. The molecule has 0 saturated heterocycles. The van der Waals surface area contributed by atoms with Crippen LogP contribution in [0.15, 0.2) is 18.4 Å². The fourth-order valence-electron chi connectivity index (χ4n) is 0.355. The zero-order valence-electron chi connectivity index (χ0n) is 5.81. The van der Waals surface area contributed by atoms with Crippen LogP contribution in [0, 0.1) is 0 Å². The molecular formula is C7H9NO2. The molecule has 0 saturated carbocycles. The summed E-state index contributed by atoms with van der Waals surface area (Å²) in [4.78, 5) is 20.8. The molecule has 10 heavy (non-hydrogen) atoms. The van der Waals surface area contributed by atoms with Crippen molar-refractivity contribution in [1.82, 2.24) is 5.32 Å². The lowest BCUT2D eigenvalue weighted by atomic mass is 10.4. The monoisotopic (exact) mass is 139 g/mol. The second-order valence-electron chi connectivity index (χ2n) is 1.77. The second kappa shape index (κ2) is 4.53. The average molecular weight is 139 g/mol. The molecule has 0 radical (unpaired) electrons. The van der Waals surface area contributed by atoms with Crippen LogP contribution in [-0.2, 0) is 9.59 Å². The van der Waals surface area contributed by atoms with Crippen molar-refractivity contribution in [3.8, 4) is 0 Å². The summed E-state index contributed by atoms with van der Waals surface area (Å²) in [6.45, 7) is 4.67. The Hall–Kier alpha value is -1.34. The van der Waals surface area contributed by atoms with E-state index in [1.54, 1.807) is 0 Å². The van der Waals surface area contributed by atoms with Gasteiger partial charge < -0.3 is 5.32 Å². The smallest absolute Gasteiger partial charge is 0.252 e. The molecule has 0 aromatic carbocycles. The Morgan fingerprint density at radius 2 is 2.30 bits per heavy atom. The summed E-state index contributed by atoms with van der Waals surface area (Å²) >= 11 is 0. The highest BCUT2D eigenvalue weighted by molar-refractivity contribution is 5.90. The summed E-state index contributed by atoms with van der Waals surface area (Å²) in [5.74, 6) is -0.420. The van der Waals surface area contributed by atoms with Crippen LogP contribution in [0.4, 0.5) is 0 Å². The molecule has 3 heteroatoms. The Morgan fingerprint density at radius 3 is 2.70 bits per heavy atom. The predicted octanol–water partition coefficient (Wildman–Crippen LogP) is 0.0327. The van der Waals surface area contributed by atoms with Crippen LogP contribution < -0.4 is 5.32 Å². The molecule has 0 aromatic heterocycles. The molecule has 1 amide bonds. The first kappa shape index (κ1) is 8.66. The van der Waals surface area contributed by atoms with Crippen LogP contribution in [0.1, 0.15) is 6.92 Å². The Balaban J connectivity index is 3.60. The van der Waals surface area contributed by atoms with Gasteiger partial charge in [0, 0.05) is 6.08 Å². The normalized spacial score (nSPS) is 7.70. The van der Waals surface area contributed by atoms with E-state index < -0.39 is 0 Å². The molecule has 54 valence electrons. The van der Waals surface area contributed by atoms with Gasteiger partial charge in [0.2, 0.25) is 0 Å². The highest BCUT2D eigenvalue weighted by Crippen LogP contribution is 1.68. The van der Waals surface area contributed by atoms with Crippen LogP contribution in [-0.4, -0.2) is 18.2 Å². The lowest BCUT2D eigenvalue weighted by Crippen LogP contribution is -2.26. The molecule has 0 atom stereocenters. The van der Waals surface area contributed by atoms with Gasteiger partial charge in [-0.05, 0) is 6.92 Å². The van der Waals surface area contributed by atoms with Crippen molar-refractivity contribution in [2.45, 2.75) is 6.92 Å². The van der Waals surface area contributed by atoms with Crippen molar-refractivity contribution in [3.05, 3.63) is 18.4 Å². The van der Waals surface area contributed by atoms with E-state index in [0.717, 1.165) is 6.08 Å². The van der Waals surface area contributed by atoms with E-state index in [0.29, 0.717) is 0 Å². The fraction of sp³-hybridized carbons (Fsp3) is 0.286. The van der Waals surface area contributed by atoms with Gasteiger partial charge >= 0.3 is 0 Å². The first-order chi connectivity index (χ1) is 4.66. The molecule has 0 bridgehead atoms. The summed E-state index contributed by atoms with van der Waals surface area (Å²) in [6.07, 6.45) is 1.14. The third-order valence-electron chi connectivity index (χ3n) is 0.745.